The Kier molecular flexibility index (Phi) is 4.48. The van der Waals surface area contributed by atoms with Gasteiger partial charge in [0.25, 0.3) is 0 Å². The normalized spacial score (nSPS) is 10.3. The summed E-state index contributed by atoms with van der Waals surface area (Å²) >= 11 is 13.0. The summed E-state index contributed by atoms with van der Waals surface area (Å²) in [7, 11) is 0. The first-order chi connectivity index (χ1) is 8.16. The Balaban J connectivity index is 2.12. The zero-order valence-corrected chi connectivity index (χ0v) is 12.8. The fraction of sp³-hybridized carbons (Fsp3) is 0.0769. The molecule has 0 aliphatic carbocycles. The molecule has 0 amide bonds. The quantitative estimate of drug-likeness (QED) is 0.749. The second-order valence-electron chi connectivity index (χ2n) is 3.57. The molecule has 2 aromatic carbocycles. The molecule has 0 atom stereocenters. The molecule has 0 aromatic heterocycles. The van der Waals surface area contributed by atoms with E-state index in [1.54, 1.807) is 0 Å². The van der Waals surface area contributed by atoms with Gasteiger partial charge in [-0.15, -0.1) is 0 Å². The van der Waals surface area contributed by atoms with Crippen molar-refractivity contribution in [1.29, 1.82) is 0 Å². The zero-order valence-electron chi connectivity index (χ0n) is 8.88. The average molecular weight is 375 g/mol. The predicted octanol–water partition coefficient (Wildman–Crippen LogP) is 5.48. The minimum Gasteiger partial charge on any atom is -0.380 e. The van der Waals surface area contributed by atoms with Gasteiger partial charge in [-0.05, 0) is 45.8 Å². The molecule has 2 aromatic rings. The van der Waals surface area contributed by atoms with Crippen LogP contribution in [0.15, 0.2) is 51.4 Å². The molecule has 1 nitrogen and oxygen atoms in total. The molecule has 88 valence electrons. The maximum atomic E-state index is 5.96. The molecule has 4 heteroatoms. The van der Waals surface area contributed by atoms with Crippen molar-refractivity contribution in [2.24, 2.45) is 0 Å². The van der Waals surface area contributed by atoms with Gasteiger partial charge in [-0.25, -0.2) is 0 Å². The molecule has 2 rings (SSSR count). The first-order valence-corrected chi connectivity index (χ1v) is 7.05. The maximum absolute atomic E-state index is 5.96. The lowest BCUT2D eigenvalue weighted by atomic mass is 10.2. The largest absolute Gasteiger partial charge is 0.380 e. The van der Waals surface area contributed by atoms with Crippen LogP contribution in [0.5, 0.6) is 0 Å². The van der Waals surface area contributed by atoms with Gasteiger partial charge >= 0.3 is 0 Å². The Morgan fingerprint density at radius 2 is 1.76 bits per heavy atom. The van der Waals surface area contributed by atoms with Crippen molar-refractivity contribution in [3.05, 3.63) is 62.0 Å². The highest BCUT2D eigenvalue weighted by molar-refractivity contribution is 9.10. The summed E-state index contributed by atoms with van der Waals surface area (Å²) in [5.41, 5.74) is 2.20. The summed E-state index contributed by atoms with van der Waals surface area (Å²) in [5, 5.41) is 4.07. The van der Waals surface area contributed by atoms with E-state index in [4.69, 9.17) is 11.6 Å². The molecular weight excluding hydrogens is 365 g/mol. The monoisotopic (exact) mass is 373 g/mol. The van der Waals surface area contributed by atoms with Crippen LogP contribution in [-0.2, 0) is 6.54 Å². The average Bonchev–Trinajstić information content (AvgIpc) is 2.32. The van der Waals surface area contributed by atoms with Crippen LogP contribution in [0.1, 0.15) is 5.56 Å². The SMILES string of the molecule is Clc1ccc(Br)c(NCc2ccccc2Br)c1. The Hall–Kier alpha value is -0.510. The summed E-state index contributed by atoms with van der Waals surface area (Å²) in [4.78, 5) is 0. The van der Waals surface area contributed by atoms with Crippen molar-refractivity contribution in [3.63, 3.8) is 0 Å². The summed E-state index contributed by atoms with van der Waals surface area (Å²) in [5.74, 6) is 0. The zero-order chi connectivity index (χ0) is 12.3. The molecule has 0 bridgehead atoms. The van der Waals surface area contributed by atoms with Gasteiger partial charge in [0.05, 0.1) is 5.69 Å². The predicted molar refractivity (Wildman–Crippen MR) is 80.6 cm³/mol. The Labute approximate surface area is 122 Å². The van der Waals surface area contributed by atoms with Gasteiger partial charge < -0.3 is 5.32 Å². The van der Waals surface area contributed by atoms with Crippen LogP contribution in [0.4, 0.5) is 5.69 Å². The lowest BCUT2D eigenvalue weighted by Gasteiger charge is -2.10. The van der Waals surface area contributed by atoms with Crippen LogP contribution in [-0.4, -0.2) is 0 Å². The third-order valence-electron chi connectivity index (χ3n) is 2.36. The van der Waals surface area contributed by atoms with E-state index >= 15 is 0 Å². The Morgan fingerprint density at radius 3 is 2.53 bits per heavy atom. The van der Waals surface area contributed by atoms with Gasteiger partial charge in [-0.3, -0.25) is 0 Å². The molecule has 0 saturated carbocycles. The van der Waals surface area contributed by atoms with Crippen molar-refractivity contribution in [2.75, 3.05) is 5.32 Å². The summed E-state index contributed by atoms with van der Waals surface area (Å²) < 4.78 is 2.11. The minimum absolute atomic E-state index is 0.725. The summed E-state index contributed by atoms with van der Waals surface area (Å²) in [6, 6.07) is 13.8. The number of benzene rings is 2. The summed E-state index contributed by atoms with van der Waals surface area (Å²) in [6.07, 6.45) is 0. The third-order valence-corrected chi connectivity index (χ3v) is 4.06. The molecule has 1 N–H and O–H groups in total. The van der Waals surface area contributed by atoms with Gasteiger partial charge in [0.1, 0.15) is 0 Å². The lowest BCUT2D eigenvalue weighted by Crippen LogP contribution is -2.00. The third kappa shape index (κ3) is 3.47. The summed E-state index contributed by atoms with van der Waals surface area (Å²) in [6.45, 7) is 0.750. The van der Waals surface area contributed by atoms with E-state index in [0.717, 1.165) is 26.2 Å². The molecular formula is C13H10Br2ClN. The van der Waals surface area contributed by atoms with E-state index in [1.807, 2.05) is 36.4 Å². The molecule has 0 heterocycles. The molecule has 0 radical (unpaired) electrons. The molecule has 0 fully saturated rings. The van der Waals surface area contributed by atoms with Crippen molar-refractivity contribution in [1.82, 2.24) is 0 Å². The highest BCUT2D eigenvalue weighted by atomic mass is 79.9. The number of anilines is 1. The molecule has 0 aliphatic rings. The van der Waals surface area contributed by atoms with Crippen LogP contribution >= 0.6 is 43.5 Å². The van der Waals surface area contributed by atoms with Crippen LogP contribution in [0, 0.1) is 0 Å². The van der Waals surface area contributed by atoms with E-state index in [0.29, 0.717) is 0 Å². The van der Waals surface area contributed by atoms with Crippen molar-refractivity contribution >= 4 is 49.1 Å². The van der Waals surface area contributed by atoms with E-state index < -0.39 is 0 Å². The van der Waals surface area contributed by atoms with Gasteiger partial charge in [0.2, 0.25) is 0 Å². The van der Waals surface area contributed by atoms with E-state index in [-0.39, 0.29) is 0 Å². The lowest BCUT2D eigenvalue weighted by molar-refractivity contribution is 1.13. The fourth-order valence-electron chi connectivity index (χ4n) is 1.47. The molecule has 0 saturated heterocycles. The van der Waals surface area contributed by atoms with Crippen LogP contribution < -0.4 is 5.32 Å². The smallest absolute Gasteiger partial charge is 0.0502 e. The van der Waals surface area contributed by atoms with E-state index in [9.17, 15) is 0 Å². The second kappa shape index (κ2) is 5.89. The van der Waals surface area contributed by atoms with Crippen LogP contribution in [0.3, 0.4) is 0 Å². The Morgan fingerprint density at radius 1 is 1.00 bits per heavy atom. The fourth-order valence-corrected chi connectivity index (χ4v) is 2.45. The number of halogens is 3. The molecule has 0 aliphatic heterocycles. The highest BCUT2D eigenvalue weighted by Gasteiger charge is 2.02. The molecule has 0 spiro atoms. The number of nitrogens with one attached hydrogen (secondary N) is 1. The van der Waals surface area contributed by atoms with Crippen molar-refractivity contribution < 1.29 is 0 Å². The van der Waals surface area contributed by atoms with Gasteiger partial charge in [-0.1, -0.05) is 45.7 Å². The van der Waals surface area contributed by atoms with Gasteiger partial charge in [0.15, 0.2) is 0 Å². The number of rotatable bonds is 3. The van der Waals surface area contributed by atoms with Gasteiger partial charge in [0, 0.05) is 20.5 Å². The van der Waals surface area contributed by atoms with E-state index in [1.165, 1.54) is 5.56 Å². The first kappa shape index (κ1) is 12.9. The second-order valence-corrected chi connectivity index (χ2v) is 5.71. The standard InChI is InChI=1S/C13H10Br2ClN/c14-11-4-2-1-3-9(11)8-17-13-7-10(16)5-6-12(13)15/h1-7,17H,8H2. The van der Waals surface area contributed by atoms with Crippen LogP contribution in [0.2, 0.25) is 5.02 Å². The highest BCUT2D eigenvalue weighted by Crippen LogP contribution is 2.27. The van der Waals surface area contributed by atoms with Gasteiger partial charge in [-0.2, -0.15) is 0 Å². The van der Waals surface area contributed by atoms with Crippen LogP contribution in [0.25, 0.3) is 0 Å². The Bertz CT molecular complexity index is 529. The molecule has 17 heavy (non-hydrogen) atoms. The minimum atomic E-state index is 0.725. The van der Waals surface area contributed by atoms with Crippen molar-refractivity contribution in [2.45, 2.75) is 6.54 Å². The van der Waals surface area contributed by atoms with E-state index in [2.05, 4.69) is 43.2 Å². The number of hydrogen-bond donors (Lipinski definition) is 1. The maximum Gasteiger partial charge on any atom is 0.0502 e. The molecule has 0 unspecified atom stereocenters. The first-order valence-electron chi connectivity index (χ1n) is 5.09. The van der Waals surface area contributed by atoms with Crippen molar-refractivity contribution in [3.8, 4) is 0 Å². The number of hydrogen-bond acceptors (Lipinski definition) is 1. The topological polar surface area (TPSA) is 12.0 Å².